The molecule has 1 aliphatic rings. The number of hydrogen-bond acceptors (Lipinski definition) is 5. The molecule has 0 bridgehead atoms. The van der Waals surface area contributed by atoms with Crippen molar-refractivity contribution in [1.82, 2.24) is 10.3 Å². The molecule has 7 nitrogen and oxygen atoms in total. The largest absolute Gasteiger partial charge is 0.466 e. The highest BCUT2D eigenvalue weighted by Gasteiger charge is 2.20. The molecule has 1 unspecified atom stereocenters. The topological polar surface area (TPSA) is 83.6 Å². The van der Waals surface area contributed by atoms with E-state index in [-0.39, 0.29) is 18.5 Å². The molecule has 2 heterocycles. The molecule has 33 heavy (non-hydrogen) atoms. The summed E-state index contributed by atoms with van der Waals surface area (Å²) in [6.45, 7) is 3.84. The van der Waals surface area contributed by atoms with Crippen molar-refractivity contribution in [2.75, 3.05) is 29.9 Å². The molecule has 0 saturated carbocycles. The number of amides is 2. The molecule has 2 N–H and O–H groups in total. The molecule has 1 aliphatic heterocycles. The molecule has 0 radical (unpaired) electrons. The number of benzene rings is 2. The Balaban J connectivity index is 1.49. The minimum Gasteiger partial charge on any atom is -0.466 e. The predicted octanol–water partition coefficient (Wildman–Crippen LogP) is 4.79. The van der Waals surface area contributed by atoms with Gasteiger partial charge in [-0.05, 0) is 49.6 Å². The first kappa shape index (κ1) is 22.5. The van der Waals surface area contributed by atoms with Crippen LogP contribution in [0.3, 0.4) is 0 Å². The van der Waals surface area contributed by atoms with E-state index in [0.29, 0.717) is 11.1 Å². The Morgan fingerprint density at radius 3 is 2.61 bits per heavy atom. The Kier molecular flexibility index (Phi) is 7.02. The first-order valence-electron chi connectivity index (χ1n) is 11.2. The number of nitrogens with zero attached hydrogens (tertiary/aromatic N) is 2. The highest BCUT2D eigenvalue weighted by Crippen LogP contribution is 2.26. The van der Waals surface area contributed by atoms with Crippen molar-refractivity contribution < 1.29 is 18.7 Å². The smallest absolute Gasteiger partial charge is 0.319 e. The molecule has 1 atom stereocenters. The number of urea groups is 1. The number of hydrogen-bond donors (Lipinski definition) is 2. The quantitative estimate of drug-likeness (QED) is 0.506. The molecule has 1 fully saturated rings. The van der Waals surface area contributed by atoms with E-state index in [0.717, 1.165) is 37.3 Å². The van der Waals surface area contributed by atoms with E-state index < -0.39 is 23.9 Å². The van der Waals surface area contributed by atoms with Gasteiger partial charge < -0.3 is 20.3 Å². The lowest BCUT2D eigenvalue weighted by molar-refractivity contribution is -0.143. The monoisotopic (exact) mass is 450 g/mol. The van der Waals surface area contributed by atoms with E-state index in [9.17, 15) is 14.0 Å². The van der Waals surface area contributed by atoms with Crippen LogP contribution in [-0.2, 0) is 9.53 Å². The molecule has 0 spiro atoms. The van der Waals surface area contributed by atoms with Crippen molar-refractivity contribution in [3.05, 3.63) is 66.0 Å². The maximum Gasteiger partial charge on any atom is 0.319 e. The van der Waals surface area contributed by atoms with Crippen molar-refractivity contribution in [3.8, 4) is 0 Å². The van der Waals surface area contributed by atoms with Gasteiger partial charge in [0.25, 0.3) is 0 Å². The third kappa shape index (κ3) is 5.58. The van der Waals surface area contributed by atoms with Crippen LogP contribution in [0.1, 0.15) is 37.8 Å². The van der Waals surface area contributed by atoms with Crippen molar-refractivity contribution in [3.63, 3.8) is 0 Å². The molecule has 1 saturated heterocycles. The summed E-state index contributed by atoms with van der Waals surface area (Å²) >= 11 is 0. The van der Waals surface area contributed by atoms with Crippen molar-refractivity contribution in [2.45, 2.75) is 32.2 Å². The number of carbonyl (C=O) groups is 2. The van der Waals surface area contributed by atoms with Crippen LogP contribution in [0.4, 0.5) is 20.7 Å². The number of fused-ring (bicyclic) bond motifs is 1. The van der Waals surface area contributed by atoms with Crippen molar-refractivity contribution in [1.29, 1.82) is 0 Å². The van der Waals surface area contributed by atoms with E-state index >= 15 is 0 Å². The van der Waals surface area contributed by atoms with Crippen LogP contribution in [0.5, 0.6) is 0 Å². The number of halogens is 1. The van der Waals surface area contributed by atoms with Crippen LogP contribution >= 0.6 is 0 Å². The highest BCUT2D eigenvalue weighted by molar-refractivity contribution is 5.93. The standard InChI is InChI=1S/C25H27FN4O3/c1-2-33-23(31)16-21(17-8-4-3-5-9-17)28-25(32)27-19-14-18-10-11-22(30-12-6-7-13-30)29-24(18)20(26)15-19/h3-5,8-11,14-15,21H,2,6-7,12-13,16H2,1H3,(H2,27,28,32). The summed E-state index contributed by atoms with van der Waals surface area (Å²) in [4.78, 5) is 31.3. The maximum atomic E-state index is 14.8. The number of nitrogens with one attached hydrogen (secondary N) is 2. The third-order valence-corrected chi connectivity index (χ3v) is 5.60. The van der Waals surface area contributed by atoms with Crippen LogP contribution in [0, 0.1) is 5.82 Å². The average Bonchev–Trinajstić information content (AvgIpc) is 3.34. The van der Waals surface area contributed by atoms with Gasteiger partial charge in [-0.15, -0.1) is 0 Å². The van der Waals surface area contributed by atoms with Crippen LogP contribution in [0.15, 0.2) is 54.6 Å². The molecule has 2 amide bonds. The van der Waals surface area contributed by atoms with Gasteiger partial charge in [0, 0.05) is 24.2 Å². The van der Waals surface area contributed by atoms with Crippen LogP contribution in [-0.4, -0.2) is 36.7 Å². The zero-order valence-corrected chi connectivity index (χ0v) is 18.5. The zero-order chi connectivity index (χ0) is 23.2. The third-order valence-electron chi connectivity index (χ3n) is 5.60. The number of ether oxygens (including phenoxy) is 1. The predicted molar refractivity (Wildman–Crippen MR) is 126 cm³/mol. The molecular formula is C25H27FN4O3. The molecule has 2 aromatic carbocycles. The van der Waals surface area contributed by atoms with Gasteiger partial charge in [-0.25, -0.2) is 14.2 Å². The van der Waals surface area contributed by atoms with Crippen LogP contribution < -0.4 is 15.5 Å². The van der Waals surface area contributed by atoms with E-state index in [1.54, 1.807) is 13.0 Å². The zero-order valence-electron chi connectivity index (χ0n) is 18.5. The van der Waals surface area contributed by atoms with E-state index in [1.807, 2.05) is 42.5 Å². The lowest BCUT2D eigenvalue weighted by Crippen LogP contribution is -2.34. The lowest BCUT2D eigenvalue weighted by atomic mass is 10.0. The van der Waals surface area contributed by atoms with Gasteiger partial charge in [0.1, 0.15) is 11.3 Å². The van der Waals surface area contributed by atoms with Gasteiger partial charge in [-0.1, -0.05) is 30.3 Å². The lowest BCUT2D eigenvalue weighted by Gasteiger charge is -2.19. The second-order valence-corrected chi connectivity index (χ2v) is 7.96. The summed E-state index contributed by atoms with van der Waals surface area (Å²) in [6.07, 6.45) is 2.21. The Morgan fingerprint density at radius 2 is 1.88 bits per heavy atom. The SMILES string of the molecule is CCOC(=O)CC(NC(=O)Nc1cc(F)c2nc(N3CCCC3)ccc2c1)c1ccccc1. The molecule has 3 aromatic rings. The molecule has 172 valence electrons. The number of esters is 1. The fraction of sp³-hybridized carbons (Fsp3) is 0.320. The Labute approximate surface area is 191 Å². The van der Waals surface area contributed by atoms with Crippen molar-refractivity contribution >= 4 is 34.4 Å². The fourth-order valence-corrected chi connectivity index (χ4v) is 4.03. The molecule has 4 rings (SSSR count). The second kappa shape index (κ2) is 10.3. The summed E-state index contributed by atoms with van der Waals surface area (Å²) in [5, 5.41) is 6.06. The van der Waals surface area contributed by atoms with Gasteiger partial charge in [0.2, 0.25) is 0 Å². The maximum absolute atomic E-state index is 14.8. The summed E-state index contributed by atoms with van der Waals surface area (Å²) in [6, 6.07) is 14.7. The number of carbonyl (C=O) groups excluding carboxylic acids is 2. The second-order valence-electron chi connectivity index (χ2n) is 7.96. The summed E-state index contributed by atoms with van der Waals surface area (Å²) in [7, 11) is 0. The minimum atomic E-state index is -0.583. The van der Waals surface area contributed by atoms with E-state index in [1.165, 1.54) is 6.07 Å². The Bertz CT molecular complexity index is 1130. The average molecular weight is 451 g/mol. The molecule has 1 aromatic heterocycles. The van der Waals surface area contributed by atoms with Crippen LogP contribution in [0.25, 0.3) is 10.9 Å². The highest BCUT2D eigenvalue weighted by atomic mass is 19.1. The van der Waals surface area contributed by atoms with Crippen molar-refractivity contribution in [2.24, 2.45) is 0 Å². The van der Waals surface area contributed by atoms with Gasteiger partial charge in [0.15, 0.2) is 5.82 Å². The molecule has 0 aliphatic carbocycles. The number of pyridine rings is 1. The summed E-state index contributed by atoms with van der Waals surface area (Å²) < 4.78 is 19.9. The molecule has 8 heteroatoms. The number of aromatic nitrogens is 1. The normalized spacial score (nSPS) is 14.2. The fourth-order valence-electron chi connectivity index (χ4n) is 4.03. The summed E-state index contributed by atoms with van der Waals surface area (Å²) in [5.41, 5.74) is 1.34. The van der Waals surface area contributed by atoms with Gasteiger partial charge in [-0.2, -0.15) is 0 Å². The number of rotatable bonds is 7. The number of anilines is 2. The van der Waals surface area contributed by atoms with Crippen LogP contribution in [0.2, 0.25) is 0 Å². The minimum absolute atomic E-state index is 0.0133. The first-order valence-corrected chi connectivity index (χ1v) is 11.2. The van der Waals surface area contributed by atoms with E-state index in [2.05, 4.69) is 20.5 Å². The van der Waals surface area contributed by atoms with Gasteiger partial charge in [-0.3, -0.25) is 4.79 Å². The van der Waals surface area contributed by atoms with E-state index in [4.69, 9.17) is 4.74 Å². The Hall–Kier alpha value is -3.68. The molecular weight excluding hydrogens is 423 g/mol. The first-order chi connectivity index (χ1) is 16.0. The summed E-state index contributed by atoms with van der Waals surface area (Å²) in [5.74, 6) is -0.153. The van der Waals surface area contributed by atoms with Gasteiger partial charge >= 0.3 is 12.0 Å². The Morgan fingerprint density at radius 1 is 1.12 bits per heavy atom. The van der Waals surface area contributed by atoms with Gasteiger partial charge in [0.05, 0.1) is 19.1 Å².